The molecule has 0 N–H and O–H groups in total. The molecular formula is C17H20N2O5. The maximum absolute atomic E-state index is 11.8. The van der Waals surface area contributed by atoms with Gasteiger partial charge in [-0.2, -0.15) is 0 Å². The predicted molar refractivity (Wildman–Crippen MR) is 85.2 cm³/mol. The maximum atomic E-state index is 11.8. The number of nitrogens with zero attached hydrogens (tertiary/aromatic N) is 2. The van der Waals surface area contributed by atoms with Gasteiger partial charge in [0.15, 0.2) is 6.61 Å². The zero-order chi connectivity index (χ0) is 17.3. The Morgan fingerprint density at radius 2 is 2.12 bits per heavy atom. The van der Waals surface area contributed by atoms with Gasteiger partial charge >= 0.3 is 12.1 Å². The van der Waals surface area contributed by atoms with Crippen LogP contribution in [-0.2, 0) is 19.1 Å². The SMILES string of the molecule is Cc1cc(/C=C/C(=O)OCC(=O)N2CCOC2=O)c(C)n1C1CC1. The van der Waals surface area contributed by atoms with Gasteiger partial charge in [-0.05, 0) is 44.4 Å². The van der Waals surface area contributed by atoms with Crippen molar-refractivity contribution in [3.63, 3.8) is 0 Å². The number of hydrogen-bond acceptors (Lipinski definition) is 5. The minimum Gasteiger partial charge on any atom is -0.452 e. The van der Waals surface area contributed by atoms with E-state index in [-0.39, 0.29) is 13.2 Å². The normalized spacial score (nSPS) is 17.4. The van der Waals surface area contributed by atoms with Crippen LogP contribution in [-0.4, -0.2) is 47.2 Å². The third-order valence-corrected chi connectivity index (χ3v) is 4.23. The molecule has 1 aliphatic heterocycles. The molecule has 2 aliphatic rings. The third kappa shape index (κ3) is 3.34. The average molecular weight is 332 g/mol. The Kier molecular flexibility index (Phi) is 4.42. The fourth-order valence-electron chi connectivity index (χ4n) is 2.90. The van der Waals surface area contributed by atoms with E-state index in [2.05, 4.69) is 16.2 Å². The van der Waals surface area contributed by atoms with Crippen LogP contribution in [0.4, 0.5) is 4.79 Å². The summed E-state index contributed by atoms with van der Waals surface area (Å²) in [5.74, 6) is -1.20. The monoisotopic (exact) mass is 332 g/mol. The summed E-state index contributed by atoms with van der Waals surface area (Å²) in [5.41, 5.74) is 3.26. The Labute approximate surface area is 139 Å². The highest BCUT2D eigenvalue weighted by molar-refractivity contribution is 5.95. The van der Waals surface area contributed by atoms with E-state index in [0.29, 0.717) is 6.04 Å². The Hall–Kier alpha value is -2.57. The number of rotatable bonds is 5. The van der Waals surface area contributed by atoms with Crippen LogP contribution in [0.1, 0.15) is 35.8 Å². The first-order valence-electron chi connectivity index (χ1n) is 7.97. The molecule has 0 aromatic carbocycles. The highest BCUT2D eigenvalue weighted by atomic mass is 16.6. The molecule has 2 amide bonds. The van der Waals surface area contributed by atoms with E-state index >= 15 is 0 Å². The van der Waals surface area contributed by atoms with Crippen LogP contribution in [0.15, 0.2) is 12.1 Å². The van der Waals surface area contributed by atoms with Gasteiger partial charge < -0.3 is 14.0 Å². The molecule has 1 aliphatic carbocycles. The van der Waals surface area contributed by atoms with Crippen LogP contribution in [0.5, 0.6) is 0 Å². The molecule has 0 radical (unpaired) electrons. The van der Waals surface area contributed by atoms with Crippen molar-refractivity contribution in [1.29, 1.82) is 0 Å². The minimum absolute atomic E-state index is 0.176. The van der Waals surface area contributed by atoms with Gasteiger partial charge in [-0.3, -0.25) is 4.79 Å². The summed E-state index contributed by atoms with van der Waals surface area (Å²) in [5, 5.41) is 0. The van der Waals surface area contributed by atoms with Gasteiger partial charge in [0, 0.05) is 23.5 Å². The lowest BCUT2D eigenvalue weighted by molar-refractivity contribution is -0.146. The van der Waals surface area contributed by atoms with Crippen molar-refractivity contribution in [2.75, 3.05) is 19.8 Å². The predicted octanol–water partition coefficient (Wildman–Crippen LogP) is 1.98. The summed E-state index contributed by atoms with van der Waals surface area (Å²) in [7, 11) is 0. The number of aromatic nitrogens is 1. The average Bonchev–Trinajstić information content (AvgIpc) is 3.21. The standard InChI is InChI=1S/C17H20N2O5/c1-11-9-13(12(2)19(11)14-4-5-14)3-6-16(21)24-10-15(20)18-7-8-23-17(18)22/h3,6,9,14H,4-5,7-8,10H2,1-2H3/b6-3+. The zero-order valence-corrected chi connectivity index (χ0v) is 13.8. The first-order valence-corrected chi connectivity index (χ1v) is 7.97. The topological polar surface area (TPSA) is 77.8 Å². The Morgan fingerprint density at radius 3 is 2.75 bits per heavy atom. The van der Waals surface area contributed by atoms with Crippen molar-refractivity contribution in [2.45, 2.75) is 32.7 Å². The minimum atomic E-state index is -0.695. The van der Waals surface area contributed by atoms with Gasteiger partial charge in [-0.25, -0.2) is 14.5 Å². The fourth-order valence-corrected chi connectivity index (χ4v) is 2.90. The molecule has 7 nitrogen and oxygen atoms in total. The van der Waals surface area contributed by atoms with Crippen molar-refractivity contribution in [2.24, 2.45) is 0 Å². The first kappa shape index (κ1) is 16.3. The lowest BCUT2D eigenvalue weighted by Crippen LogP contribution is -2.35. The molecule has 0 unspecified atom stereocenters. The number of ether oxygens (including phenoxy) is 2. The van der Waals surface area contributed by atoms with Gasteiger partial charge in [0.25, 0.3) is 5.91 Å². The Bertz CT molecular complexity index is 715. The number of carbonyl (C=O) groups is 3. The highest BCUT2D eigenvalue weighted by Crippen LogP contribution is 2.38. The molecule has 24 heavy (non-hydrogen) atoms. The van der Waals surface area contributed by atoms with E-state index in [1.54, 1.807) is 6.08 Å². The number of amides is 2. The van der Waals surface area contributed by atoms with Gasteiger partial charge in [0.1, 0.15) is 6.61 Å². The maximum Gasteiger partial charge on any atom is 0.416 e. The van der Waals surface area contributed by atoms with E-state index in [1.165, 1.54) is 24.6 Å². The van der Waals surface area contributed by atoms with Crippen LogP contribution in [0.2, 0.25) is 0 Å². The first-order chi connectivity index (χ1) is 11.5. The van der Waals surface area contributed by atoms with E-state index in [1.807, 2.05) is 13.0 Å². The van der Waals surface area contributed by atoms with Crippen molar-refractivity contribution in [1.82, 2.24) is 9.47 Å². The van der Waals surface area contributed by atoms with Gasteiger partial charge in [-0.1, -0.05) is 0 Å². The molecule has 1 saturated heterocycles. The van der Waals surface area contributed by atoms with Gasteiger partial charge in [0.2, 0.25) is 0 Å². The summed E-state index contributed by atoms with van der Waals surface area (Å²) in [6, 6.07) is 2.61. The zero-order valence-electron chi connectivity index (χ0n) is 13.8. The summed E-state index contributed by atoms with van der Waals surface area (Å²) < 4.78 is 11.8. The molecule has 0 bridgehead atoms. The number of hydrogen-bond donors (Lipinski definition) is 0. The molecule has 1 aromatic heterocycles. The molecule has 7 heteroatoms. The summed E-state index contributed by atoms with van der Waals surface area (Å²) in [6.07, 6.45) is 4.69. The number of aryl methyl sites for hydroxylation is 1. The summed E-state index contributed by atoms with van der Waals surface area (Å²) >= 11 is 0. The van der Waals surface area contributed by atoms with Gasteiger partial charge in [0.05, 0.1) is 6.54 Å². The highest BCUT2D eigenvalue weighted by Gasteiger charge is 2.29. The Morgan fingerprint density at radius 1 is 1.38 bits per heavy atom. The van der Waals surface area contributed by atoms with Crippen LogP contribution < -0.4 is 0 Å². The van der Waals surface area contributed by atoms with Crippen molar-refractivity contribution in [3.05, 3.63) is 29.1 Å². The van der Waals surface area contributed by atoms with Crippen molar-refractivity contribution in [3.8, 4) is 0 Å². The molecule has 128 valence electrons. The molecular weight excluding hydrogens is 312 g/mol. The van der Waals surface area contributed by atoms with E-state index in [9.17, 15) is 14.4 Å². The number of esters is 1. The molecule has 2 heterocycles. The van der Waals surface area contributed by atoms with Crippen molar-refractivity contribution >= 4 is 24.0 Å². The lowest BCUT2D eigenvalue weighted by atomic mass is 10.2. The molecule has 0 spiro atoms. The quantitative estimate of drug-likeness (QED) is 0.608. The largest absolute Gasteiger partial charge is 0.452 e. The second kappa shape index (κ2) is 6.51. The van der Waals surface area contributed by atoms with Crippen LogP contribution >= 0.6 is 0 Å². The number of cyclic esters (lactones) is 1. The second-order valence-corrected chi connectivity index (χ2v) is 6.03. The van der Waals surface area contributed by atoms with Crippen LogP contribution in [0.3, 0.4) is 0 Å². The molecule has 1 saturated carbocycles. The number of imide groups is 1. The molecule has 0 atom stereocenters. The Balaban J connectivity index is 1.55. The summed E-state index contributed by atoms with van der Waals surface area (Å²) in [6.45, 7) is 3.97. The fraction of sp³-hybridized carbons (Fsp3) is 0.471. The molecule has 2 fully saturated rings. The van der Waals surface area contributed by atoms with E-state index in [0.717, 1.165) is 16.2 Å². The molecule has 1 aromatic rings. The van der Waals surface area contributed by atoms with Crippen LogP contribution in [0.25, 0.3) is 6.08 Å². The molecule has 3 rings (SSSR count). The third-order valence-electron chi connectivity index (χ3n) is 4.23. The lowest BCUT2D eigenvalue weighted by Gasteiger charge is -2.09. The second-order valence-electron chi connectivity index (χ2n) is 6.03. The summed E-state index contributed by atoms with van der Waals surface area (Å²) in [4.78, 5) is 35.7. The smallest absolute Gasteiger partial charge is 0.416 e. The van der Waals surface area contributed by atoms with Crippen molar-refractivity contribution < 1.29 is 23.9 Å². The van der Waals surface area contributed by atoms with E-state index < -0.39 is 24.6 Å². The van der Waals surface area contributed by atoms with E-state index in [4.69, 9.17) is 4.74 Å². The van der Waals surface area contributed by atoms with Gasteiger partial charge in [-0.15, -0.1) is 0 Å². The van der Waals surface area contributed by atoms with Crippen LogP contribution in [0, 0.1) is 13.8 Å². The number of carbonyl (C=O) groups excluding carboxylic acids is 3.